The molecule has 30 heavy (non-hydrogen) atoms. The lowest BCUT2D eigenvalue weighted by Crippen LogP contribution is -2.21. The zero-order valence-corrected chi connectivity index (χ0v) is 22.3. The van der Waals surface area contributed by atoms with Gasteiger partial charge in [0.2, 0.25) is 0 Å². The summed E-state index contributed by atoms with van der Waals surface area (Å²) < 4.78 is 0. The predicted molar refractivity (Wildman–Crippen MR) is 141 cm³/mol. The monoisotopic (exact) mass is 445 g/mol. The van der Waals surface area contributed by atoms with Gasteiger partial charge in [-0.25, -0.2) is 0 Å². The molecular weight excluding hydrogens is 386 g/mol. The van der Waals surface area contributed by atoms with Gasteiger partial charge >= 0.3 is 0 Å². The molecule has 0 saturated heterocycles. The first-order valence-electron chi connectivity index (χ1n) is 13.9. The Morgan fingerprint density at radius 2 is 0.567 bits per heavy atom. The molecule has 0 aliphatic rings. The van der Waals surface area contributed by atoms with E-state index in [2.05, 4.69) is 20.8 Å². The zero-order valence-electron chi connectivity index (χ0n) is 21.6. The smallest absolute Gasteiger partial charge is 0.0446 e. The Balaban J connectivity index is 0. The Hall–Kier alpha value is 0.250. The number of hydrogen-bond donors (Lipinski definition) is 1. The van der Waals surface area contributed by atoms with E-state index in [1.807, 2.05) is 0 Å². The highest BCUT2D eigenvalue weighted by Gasteiger charge is 2.25. The standard InChI is InChI=1S/C28H57Cl.H3N/c1-4-7-10-13-16-19-22-25-28(29,26-23-20-17-14-11-8-5-2)27-24-21-18-15-12-9-6-3;/h4-27H2,1-3H3;1H3. The molecule has 0 aromatic heterocycles. The molecular formula is C28H60ClN. The fourth-order valence-electron chi connectivity index (χ4n) is 4.57. The number of halogens is 1. The van der Waals surface area contributed by atoms with Crippen LogP contribution in [0.15, 0.2) is 0 Å². The van der Waals surface area contributed by atoms with Crippen molar-refractivity contribution in [3.05, 3.63) is 0 Å². The molecule has 0 spiro atoms. The molecule has 0 aromatic rings. The van der Waals surface area contributed by atoms with Gasteiger partial charge in [0, 0.05) is 4.87 Å². The molecule has 0 aromatic carbocycles. The van der Waals surface area contributed by atoms with E-state index in [4.69, 9.17) is 11.6 Å². The SMILES string of the molecule is CCCCCCCCCC(Cl)(CCCCCCCCC)CCCCCCCCC.N. The largest absolute Gasteiger partial charge is 0.344 e. The highest BCUT2D eigenvalue weighted by Crippen LogP contribution is 2.35. The summed E-state index contributed by atoms with van der Waals surface area (Å²) in [6.07, 6.45) is 33.1. The molecule has 0 saturated carbocycles. The van der Waals surface area contributed by atoms with E-state index in [1.54, 1.807) is 0 Å². The van der Waals surface area contributed by atoms with E-state index in [0.717, 1.165) is 0 Å². The summed E-state index contributed by atoms with van der Waals surface area (Å²) in [4.78, 5) is 0.107. The van der Waals surface area contributed by atoms with Crippen molar-refractivity contribution in [1.29, 1.82) is 0 Å². The predicted octanol–water partition coefficient (Wildman–Crippen LogP) is 11.5. The van der Waals surface area contributed by atoms with Crippen molar-refractivity contribution < 1.29 is 0 Å². The quantitative estimate of drug-likeness (QED) is 0.116. The molecule has 0 bridgehead atoms. The van der Waals surface area contributed by atoms with Crippen LogP contribution >= 0.6 is 11.6 Å². The Bertz CT molecular complexity index is 259. The molecule has 0 aliphatic heterocycles. The first-order valence-corrected chi connectivity index (χ1v) is 14.2. The van der Waals surface area contributed by atoms with Crippen LogP contribution in [0.4, 0.5) is 0 Å². The normalized spacial score (nSPS) is 11.6. The second-order valence-corrected chi connectivity index (χ2v) is 10.6. The number of unbranched alkanes of at least 4 members (excludes halogenated alkanes) is 18. The Morgan fingerprint density at radius 3 is 0.800 bits per heavy atom. The molecule has 0 amide bonds. The number of hydrogen-bond acceptors (Lipinski definition) is 1. The van der Waals surface area contributed by atoms with Crippen LogP contribution in [0.25, 0.3) is 0 Å². The van der Waals surface area contributed by atoms with Crippen LogP contribution in [0.3, 0.4) is 0 Å². The third-order valence-corrected chi connectivity index (χ3v) is 7.25. The molecule has 0 heterocycles. The van der Waals surface area contributed by atoms with Crippen molar-refractivity contribution in [1.82, 2.24) is 6.15 Å². The summed E-state index contributed by atoms with van der Waals surface area (Å²) in [5, 5.41) is 0. The first kappa shape index (κ1) is 32.4. The van der Waals surface area contributed by atoms with Crippen LogP contribution in [-0.4, -0.2) is 4.87 Å². The van der Waals surface area contributed by atoms with Crippen molar-refractivity contribution in [2.45, 2.75) is 180 Å². The molecule has 0 radical (unpaired) electrons. The van der Waals surface area contributed by atoms with Crippen molar-refractivity contribution in [3.63, 3.8) is 0 Å². The summed E-state index contributed by atoms with van der Waals surface area (Å²) >= 11 is 7.23. The van der Waals surface area contributed by atoms with Crippen LogP contribution in [0.2, 0.25) is 0 Å². The summed E-state index contributed by atoms with van der Waals surface area (Å²) in [7, 11) is 0. The fourth-order valence-corrected chi connectivity index (χ4v) is 4.97. The Morgan fingerprint density at radius 1 is 0.367 bits per heavy atom. The molecule has 0 unspecified atom stereocenters. The topological polar surface area (TPSA) is 35.0 Å². The minimum absolute atomic E-state index is 0. The van der Waals surface area contributed by atoms with E-state index in [-0.39, 0.29) is 11.0 Å². The number of rotatable bonds is 24. The van der Waals surface area contributed by atoms with Gasteiger partial charge in [-0.3, -0.25) is 0 Å². The van der Waals surface area contributed by atoms with Gasteiger partial charge in [0.15, 0.2) is 0 Å². The lowest BCUT2D eigenvalue weighted by molar-refractivity contribution is 0.395. The Kier molecular flexibility index (Phi) is 27.6. The lowest BCUT2D eigenvalue weighted by atomic mass is 9.88. The van der Waals surface area contributed by atoms with Crippen LogP contribution in [0.1, 0.15) is 175 Å². The average Bonchev–Trinajstić information content (AvgIpc) is 2.72. The van der Waals surface area contributed by atoms with E-state index in [1.165, 1.54) is 154 Å². The lowest BCUT2D eigenvalue weighted by Gasteiger charge is -2.27. The molecule has 1 nitrogen and oxygen atoms in total. The summed E-state index contributed by atoms with van der Waals surface area (Å²) in [6, 6.07) is 0. The van der Waals surface area contributed by atoms with Gasteiger partial charge in [-0.2, -0.15) is 0 Å². The van der Waals surface area contributed by atoms with Crippen molar-refractivity contribution in [3.8, 4) is 0 Å². The van der Waals surface area contributed by atoms with E-state index in [9.17, 15) is 0 Å². The minimum atomic E-state index is 0. The Labute approximate surface area is 197 Å². The second-order valence-electron chi connectivity index (χ2n) is 9.76. The summed E-state index contributed by atoms with van der Waals surface area (Å²) in [5.74, 6) is 0. The molecule has 184 valence electrons. The van der Waals surface area contributed by atoms with Crippen LogP contribution < -0.4 is 6.15 Å². The van der Waals surface area contributed by atoms with E-state index < -0.39 is 0 Å². The average molecular weight is 446 g/mol. The summed E-state index contributed by atoms with van der Waals surface area (Å²) in [6.45, 7) is 6.90. The van der Waals surface area contributed by atoms with Crippen LogP contribution in [0, 0.1) is 0 Å². The molecule has 2 heteroatoms. The highest BCUT2D eigenvalue weighted by molar-refractivity contribution is 6.23. The third-order valence-electron chi connectivity index (χ3n) is 6.69. The molecule has 0 fully saturated rings. The highest BCUT2D eigenvalue weighted by atomic mass is 35.5. The molecule has 0 aliphatic carbocycles. The van der Waals surface area contributed by atoms with Gasteiger partial charge in [0.05, 0.1) is 0 Å². The molecule has 0 atom stereocenters. The molecule has 3 N–H and O–H groups in total. The second kappa shape index (κ2) is 25.5. The zero-order chi connectivity index (χ0) is 21.5. The van der Waals surface area contributed by atoms with E-state index >= 15 is 0 Å². The van der Waals surface area contributed by atoms with Gasteiger partial charge in [-0.05, 0) is 19.3 Å². The van der Waals surface area contributed by atoms with Gasteiger partial charge in [0.1, 0.15) is 0 Å². The van der Waals surface area contributed by atoms with Crippen LogP contribution in [0.5, 0.6) is 0 Å². The maximum Gasteiger partial charge on any atom is 0.0446 e. The van der Waals surface area contributed by atoms with Gasteiger partial charge in [-0.1, -0.05) is 156 Å². The van der Waals surface area contributed by atoms with Gasteiger partial charge < -0.3 is 6.15 Å². The van der Waals surface area contributed by atoms with Crippen molar-refractivity contribution in [2.24, 2.45) is 0 Å². The van der Waals surface area contributed by atoms with Gasteiger partial charge in [-0.15, -0.1) is 11.6 Å². The van der Waals surface area contributed by atoms with E-state index in [0.29, 0.717) is 0 Å². The van der Waals surface area contributed by atoms with Crippen molar-refractivity contribution >= 4 is 11.6 Å². The summed E-state index contributed by atoms with van der Waals surface area (Å²) in [5.41, 5.74) is 0. The minimum Gasteiger partial charge on any atom is -0.344 e. The van der Waals surface area contributed by atoms with Crippen LogP contribution in [-0.2, 0) is 0 Å². The first-order chi connectivity index (χ1) is 14.2. The number of alkyl halides is 1. The maximum atomic E-state index is 7.23. The van der Waals surface area contributed by atoms with Gasteiger partial charge in [0.25, 0.3) is 0 Å². The maximum absolute atomic E-state index is 7.23. The fraction of sp³-hybridized carbons (Fsp3) is 1.00. The third kappa shape index (κ3) is 22.9. The van der Waals surface area contributed by atoms with Crippen molar-refractivity contribution in [2.75, 3.05) is 0 Å². The molecule has 0 rings (SSSR count).